The molecule has 1 amide bonds. The lowest BCUT2D eigenvalue weighted by Crippen LogP contribution is -2.29. The molecule has 0 spiro atoms. The summed E-state index contributed by atoms with van der Waals surface area (Å²) in [6, 6.07) is 1.93. The fourth-order valence-corrected chi connectivity index (χ4v) is 2.27. The van der Waals surface area contributed by atoms with Crippen LogP contribution in [0.3, 0.4) is 0 Å². The predicted molar refractivity (Wildman–Crippen MR) is 59.3 cm³/mol. The van der Waals surface area contributed by atoms with Crippen molar-refractivity contribution in [1.29, 1.82) is 5.26 Å². The standard InChI is InChI=1S/C11H14N4O2/c12-5-2-6-15-10-4-1-3-9(14-11(16)17)8(10)7-13-15/h7,9,14H,1-4,6H2,(H,16,17)/t9-/m1/s1. The number of rotatable bonds is 3. The number of hydrogen-bond donors (Lipinski definition) is 2. The first kappa shape index (κ1) is 11.5. The predicted octanol–water partition coefficient (Wildman–Crippen LogP) is 1.44. The van der Waals surface area contributed by atoms with Crippen molar-refractivity contribution in [2.75, 3.05) is 0 Å². The first-order valence-electron chi connectivity index (χ1n) is 5.63. The number of amides is 1. The Morgan fingerprint density at radius 3 is 3.29 bits per heavy atom. The molecule has 2 N–H and O–H groups in total. The highest BCUT2D eigenvalue weighted by Crippen LogP contribution is 2.29. The molecule has 1 aliphatic carbocycles. The molecule has 0 radical (unpaired) electrons. The van der Waals surface area contributed by atoms with E-state index in [1.807, 2.05) is 4.68 Å². The Morgan fingerprint density at radius 2 is 2.59 bits per heavy atom. The molecular weight excluding hydrogens is 220 g/mol. The maximum Gasteiger partial charge on any atom is 0.405 e. The Hall–Kier alpha value is -2.03. The van der Waals surface area contributed by atoms with Gasteiger partial charge < -0.3 is 10.4 Å². The van der Waals surface area contributed by atoms with Crippen molar-refractivity contribution >= 4 is 6.09 Å². The van der Waals surface area contributed by atoms with Gasteiger partial charge in [-0.1, -0.05) is 0 Å². The maximum absolute atomic E-state index is 10.7. The van der Waals surface area contributed by atoms with Gasteiger partial charge in [-0.3, -0.25) is 4.68 Å². The van der Waals surface area contributed by atoms with E-state index in [1.54, 1.807) is 6.20 Å². The monoisotopic (exact) mass is 234 g/mol. The molecule has 6 nitrogen and oxygen atoms in total. The molecule has 0 fully saturated rings. The maximum atomic E-state index is 10.7. The fraction of sp³-hybridized carbons (Fsp3) is 0.545. The van der Waals surface area contributed by atoms with Crippen LogP contribution in [0.2, 0.25) is 0 Å². The summed E-state index contributed by atoms with van der Waals surface area (Å²) < 4.78 is 1.81. The van der Waals surface area contributed by atoms with Crippen molar-refractivity contribution in [3.8, 4) is 6.07 Å². The van der Waals surface area contributed by atoms with Crippen LogP contribution in [0.15, 0.2) is 6.20 Å². The molecule has 0 aromatic carbocycles. The summed E-state index contributed by atoms with van der Waals surface area (Å²) in [4.78, 5) is 10.7. The van der Waals surface area contributed by atoms with Crippen molar-refractivity contribution in [2.24, 2.45) is 0 Å². The Balaban J connectivity index is 2.19. The lowest BCUT2D eigenvalue weighted by molar-refractivity contribution is 0.188. The molecule has 90 valence electrons. The van der Waals surface area contributed by atoms with Crippen LogP contribution >= 0.6 is 0 Å². The molecule has 0 unspecified atom stereocenters. The molecule has 0 bridgehead atoms. The summed E-state index contributed by atoms with van der Waals surface area (Å²) in [5, 5.41) is 24.0. The molecule has 1 aliphatic rings. The number of carboxylic acid groups (broad SMARTS) is 1. The van der Waals surface area contributed by atoms with Crippen LogP contribution in [-0.2, 0) is 13.0 Å². The number of nitrogens with one attached hydrogen (secondary N) is 1. The van der Waals surface area contributed by atoms with E-state index < -0.39 is 6.09 Å². The van der Waals surface area contributed by atoms with Crippen molar-refractivity contribution < 1.29 is 9.90 Å². The topological polar surface area (TPSA) is 90.9 Å². The van der Waals surface area contributed by atoms with Gasteiger partial charge >= 0.3 is 6.09 Å². The Morgan fingerprint density at radius 1 is 1.76 bits per heavy atom. The zero-order valence-corrected chi connectivity index (χ0v) is 9.39. The molecule has 0 saturated carbocycles. The number of fused-ring (bicyclic) bond motifs is 1. The van der Waals surface area contributed by atoms with E-state index in [1.165, 1.54) is 0 Å². The zero-order chi connectivity index (χ0) is 12.3. The number of nitrogens with zero attached hydrogens (tertiary/aromatic N) is 3. The second kappa shape index (κ2) is 4.87. The lowest BCUT2D eigenvalue weighted by atomic mass is 9.93. The molecule has 1 aromatic rings. The smallest absolute Gasteiger partial charge is 0.405 e. The number of aromatic nitrogens is 2. The van der Waals surface area contributed by atoms with E-state index in [0.717, 1.165) is 30.5 Å². The first-order chi connectivity index (χ1) is 8.22. The molecule has 0 saturated heterocycles. The van der Waals surface area contributed by atoms with Crippen molar-refractivity contribution in [3.63, 3.8) is 0 Å². The van der Waals surface area contributed by atoms with E-state index in [2.05, 4.69) is 16.5 Å². The first-order valence-corrected chi connectivity index (χ1v) is 5.63. The van der Waals surface area contributed by atoms with Crippen molar-refractivity contribution in [3.05, 3.63) is 17.5 Å². The van der Waals surface area contributed by atoms with E-state index in [0.29, 0.717) is 13.0 Å². The number of nitriles is 1. The van der Waals surface area contributed by atoms with Gasteiger partial charge in [-0.2, -0.15) is 10.4 Å². The molecule has 2 rings (SSSR count). The van der Waals surface area contributed by atoms with Crippen molar-refractivity contribution in [1.82, 2.24) is 15.1 Å². The van der Waals surface area contributed by atoms with E-state index in [-0.39, 0.29) is 6.04 Å². The Kier molecular flexibility index (Phi) is 3.28. The number of hydrogen-bond acceptors (Lipinski definition) is 3. The Bertz CT molecular complexity index is 461. The third kappa shape index (κ3) is 2.38. The van der Waals surface area contributed by atoms with Gasteiger partial charge in [0.2, 0.25) is 0 Å². The lowest BCUT2D eigenvalue weighted by Gasteiger charge is -2.22. The van der Waals surface area contributed by atoms with Gasteiger partial charge in [0.25, 0.3) is 0 Å². The van der Waals surface area contributed by atoms with Gasteiger partial charge in [0.15, 0.2) is 0 Å². The summed E-state index contributed by atoms with van der Waals surface area (Å²) >= 11 is 0. The van der Waals surface area contributed by atoms with E-state index in [4.69, 9.17) is 10.4 Å². The van der Waals surface area contributed by atoms with E-state index >= 15 is 0 Å². The molecule has 1 atom stereocenters. The SMILES string of the molecule is N#CCCn1ncc2c1CCC[C@H]2NC(=O)O. The van der Waals surface area contributed by atoms with Gasteiger partial charge in [0.1, 0.15) is 0 Å². The Labute approximate surface area is 98.9 Å². The van der Waals surface area contributed by atoms with Gasteiger partial charge in [-0.05, 0) is 19.3 Å². The molecule has 1 heterocycles. The van der Waals surface area contributed by atoms with Crippen LogP contribution in [0.1, 0.15) is 36.6 Å². The molecule has 17 heavy (non-hydrogen) atoms. The average Bonchev–Trinajstić information content (AvgIpc) is 2.70. The highest BCUT2D eigenvalue weighted by Gasteiger charge is 2.25. The van der Waals surface area contributed by atoms with E-state index in [9.17, 15) is 4.79 Å². The van der Waals surface area contributed by atoms with Crippen LogP contribution in [0, 0.1) is 11.3 Å². The largest absolute Gasteiger partial charge is 0.465 e. The van der Waals surface area contributed by atoms with Crippen LogP contribution in [0.25, 0.3) is 0 Å². The fourth-order valence-electron chi connectivity index (χ4n) is 2.27. The molecular formula is C11H14N4O2. The summed E-state index contributed by atoms with van der Waals surface area (Å²) in [6.07, 6.45) is 3.78. The quantitative estimate of drug-likeness (QED) is 0.827. The van der Waals surface area contributed by atoms with Crippen LogP contribution in [0.4, 0.5) is 4.79 Å². The van der Waals surface area contributed by atoms with Gasteiger partial charge in [0, 0.05) is 11.3 Å². The minimum absolute atomic E-state index is 0.160. The zero-order valence-electron chi connectivity index (χ0n) is 9.39. The molecule has 0 aliphatic heterocycles. The minimum Gasteiger partial charge on any atom is -0.465 e. The summed E-state index contributed by atoms with van der Waals surface area (Å²) in [5.74, 6) is 0. The van der Waals surface area contributed by atoms with Crippen molar-refractivity contribution in [2.45, 2.75) is 38.3 Å². The third-order valence-corrected chi connectivity index (χ3v) is 3.00. The van der Waals surface area contributed by atoms with Gasteiger partial charge in [-0.25, -0.2) is 4.79 Å². The van der Waals surface area contributed by atoms with Crippen LogP contribution in [-0.4, -0.2) is 21.0 Å². The number of carbonyl (C=O) groups is 1. The highest BCUT2D eigenvalue weighted by molar-refractivity contribution is 5.65. The molecule has 6 heteroatoms. The van der Waals surface area contributed by atoms with Crippen LogP contribution in [0.5, 0.6) is 0 Å². The van der Waals surface area contributed by atoms with Crippen LogP contribution < -0.4 is 5.32 Å². The highest BCUT2D eigenvalue weighted by atomic mass is 16.4. The summed E-state index contributed by atoms with van der Waals surface area (Å²) in [5.41, 5.74) is 2.02. The summed E-state index contributed by atoms with van der Waals surface area (Å²) in [7, 11) is 0. The van der Waals surface area contributed by atoms with Gasteiger partial charge in [0.05, 0.1) is 31.3 Å². The minimum atomic E-state index is -1.01. The second-order valence-corrected chi connectivity index (χ2v) is 4.07. The molecule has 1 aromatic heterocycles. The second-order valence-electron chi connectivity index (χ2n) is 4.07. The average molecular weight is 234 g/mol. The normalized spacial score (nSPS) is 18.2. The summed E-state index contributed by atoms with van der Waals surface area (Å²) in [6.45, 7) is 0.575. The van der Waals surface area contributed by atoms with Gasteiger partial charge in [-0.15, -0.1) is 0 Å². The number of aryl methyl sites for hydroxylation is 1. The third-order valence-electron chi connectivity index (χ3n) is 3.00.